The third-order valence-corrected chi connectivity index (χ3v) is 1.41. The minimum Gasteiger partial charge on any atom is -0.478 e. The summed E-state index contributed by atoms with van der Waals surface area (Å²) in [5.74, 6) is -1.22. The lowest BCUT2D eigenvalue weighted by atomic mass is 10.0. The van der Waals surface area contributed by atoms with E-state index < -0.39 is 11.6 Å². The van der Waals surface area contributed by atoms with Crippen molar-refractivity contribution in [1.82, 2.24) is 0 Å². The lowest BCUT2D eigenvalue weighted by Gasteiger charge is -2.18. The standard InChI is InChI=1S/C7H11NO3/c1-3-7(5-8,6(9)10)11-4-2/h3-4H2,1-2H3,(H,9,10). The molecule has 0 aromatic rings. The summed E-state index contributed by atoms with van der Waals surface area (Å²) in [7, 11) is 0. The summed E-state index contributed by atoms with van der Waals surface area (Å²) in [6, 6.07) is 1.64. The van der Waals surface area contributed by atoms with Gasteiger partial charge in [0.25, 0.3) is 5.60 Å². The molecule has 0 aliphatic rings. The van der Waals surface area contributed by atoms with Gasteiger partial charge in [0, 0.05) is 6.61 Å². The SMILES string of the molecule is CCOC(C#N)(CC)C(=O)O. The molecule has 0 aromatic carbocycles. The van der Waals surface area contributed by atoms with Gasteiger partial charge in [-0.15, -0.1) is 0 Å². The van der Waals surface area contributed by atoms with E-state index in [0.29, 0.717) is 0 Å². The topological polar surface area (TPSA) is 70.3 Å². The van der Waals surface area contributed by atoms with Crippen molar-refractivity contribution < 1.29 is 14.6 Å². The van der Waals surface area contributed by atoms with Gasteiger partial charge in [-0.25, -0.2) is 4.79 Å². The zero-order valence-corrected chi connectivity index (χ0v) is 6.63. The number of aliphatic carboxylic acids is 1. The molecule has 0 aromatic heterocycles. The highest BCUT2D eigenvalue weighted by molar-refractivity contribution is 5.81. The maximum atomic E-state index is 10.5. The van der Waals surface area contributed by atoms with Crippen LogP contribution in [0.4, 0.5) is 0 Å². The molecule has 11 heavy (non-hydrogen) atoms. The Morgan fingerprint density at radius 3 is 2.36 bits per heavy atom. The summed E-state index contributed by atoms with van der Waals surface area (Å²) in [6.45, 7) is 3.49. The fourth-order valence-corrected chi connectivity index (χ4v) is 0.721. The lowest BCUT2D eigenvalue weighted by Crippen LogP contribution is -2.39. The van der Waals surface area contributed by atoms with Gasteiger partial charge in [0.15, 0.2) is 0 Å². The average molecular weight is 157 g/mol. The molecule has 0 aliphatic heterocycles. The molecule has 1 N–H and O–H groups in total. The van der Waals surface area contributed by atoms with E-state index in [0.717, 1.165) is 0 Å². The highest BCUT2D eigenvalue weighted by atomic mass is 16.5. The number of ether oxygens (including phenoxy) is 1. The van der Waals surface area contributed by atoms with Gasteiger partial charge in [-0.2, -0.15) is 5.26 Å². The van der Waals surface area contributed by atoms with Gasteiger partial charge < -0.3 is 9.84 Å². The van der Waals surface area contributed by atoms with Gasteiger partial charge >= 0.3 is 5.97 Å². The van der Waals surface area contributed by atoms with Crippen LogP contribution in [0.2, 0.25) is 0 Å². The maximum absolute atomic E-state index is 10.5. The van der Waals surface area contributed by atoms with Gasteiger partial charge in [0.2, 0.25) is 0 Å². The Morgan fingerprint density at radius 1 is 1.73 bits per heavy atom. The number of carboxylic acids is 1. The Labute approximate surface area is 65.4 Å². The van der Waals surface area contributed by atoms with Gasteiger partial charge in [-0.3, -0.25) is 0 Å². The number of carbonyl (C=O) groups is 1. The molecule has 0 spiro atoms. The summed E-state index contributed by atoms with van der Waals surface area (Å²) < 4.78 is 4.83. The molecule has 0 aliphatic carbocycles. The van der Waals surface area contributed by atoms with E-state index >= 15 is 0 Å². The molecule has 0 fully saturated rings. The second kappa shape index (κ2) is 3.94. The largest absolute Gasteiger partial charge is 0.478 e. The Hall–Kier alpha value is -1.08. The first-order chi connectivity index (χ1) is 5.13. The van der Waals surface area contributed by atoms with E-state index in [2.05, 4.69) is 0 Å². The van der Waals surface area contributed by atoms with E-state index in [1.807, 2.05) is 0 Å². The summed E-state index contributed by atoms with van der Waals surface area (Å²) in [4.78, 5) is 10.5. The van der Waals surface area contributed by atoms with Crippen LogP contribution in [-0.4, -0.2) is 23.3 Å². The van der Waals surface area contributed by atoms with Crippen molar-refractivity contribution in [1.29, 1.82) is 5.26 Å². The highest BCUT2D eigenvalue weighted by Gasteiger charge is 2.37. The molecule has 4 heteroatoms. The second-order valence-electron chi connectivity index (χ2n) is 2.03. The van der Waals surface area contributed by atoms with Crippen molar-refractivity contribution in [3.63, 3.8) is 0 Å². The van der Waals surface area contributed by atoms with Crippen LogP contribution in [0.15, 0.2) is 0 Å². The van der Waals surface area contributed by atoms with Crippen molar-refractivity contribution >= 4 is 5.97 Å². The quantitative estimate of drug-likeness (QED) is 0.654. The molecule has 0 saturated heterocycles. The maximum Gasteiger partial charge on any atom is 0.351 e. The van der Waals surface area contributed by atoms with Crippen LogP contribution < -0.4 is 0 Å². The van der Waals surface area contributed by atoms with Gasteiger partial charge in [-0.1, -0.05) is 6.92 Å². The summed E-state index contributed by atoms with van der Waals surface area (Å²) >= 11 is 0. The molecule has 0 saturated carbocycles. The normalized spacial score (nSPS) is 15.0. The molecule has 0 rings (SSSR count). The number of hydrogen-bond donors (Lipinski definition) is 1. The van der Waals surface area contributed by atoms with Crippen LogP contribution in [0.1, 0.15) is 20.3 Å². The summed E-state index contributed by atoms with van der Waals surface area (Å²) in [6.07, 6.45) is 0.159. The smallest absolute Gasteiger partial charge is 0.351 e. The first kappa shape index (κ1) is 9.92. The van der Waals surface area contributed by atoms with Crippen LogP contribution >= 0.6 is 0 Å². The Bertz CT molecular complexity index is 185. The van der Waals surface area contributed by atoms with Crippen molar-refractivity contribution in [2.24, 2.45) is 0 Å². The monoisotopic (exact) mass is 157 g/mol. The molecule has 0 bridgehead atoms. The zero-order valence-electron chi connectivity index (χ0n) is 6.63. The fourth-order valence-electron chi connectivity index (χ4n) is 0.721. The fraction of sp³-hybridized carbons (Fsp3) is 0.714. The number of rotatable bonds is 4. The van der Waals surface area contributed by atoms with Crippen molar-refractivity contribution in [3.8, 4) is 6.07 Å². The second-order valence-corrected chi connectivity index (χ2v) is 2.03. The van der Waals surface area contributed by atoms with E-state index in [-0.39, 0.29) is 13.0 Å². The van der Waals surface area contributed by atoms with Crippen LogP contribution in [0.25, 0.3) is 0 Å². The molecule has 62 valence electrons. The molecule has 4 nitrogen and oxygen atoms in total. The van der Waals surface area contributed by atoms with Crippen LogP contribution in [-0.2, 0) is 9.53 Å². The molecular weight excluding hydrogens is 146 g/mol. The number of carboxylic acid groups (broad SMARTS) is 1. The summed E-state index contributed by atoms with van der Waals surface area (Å²) in [5, 5.41) is 17.1. The number of hydrogen-bond acceptors (Lipinski definition) is 3. The third kappa shape index (κ3) is 1.92. The number of nitrogens with zero attached hydrogens (tertiary/aromatic N) is 1. The average Bonchev–Trinajstić information content (AvgIpc) is 2.00. The summed E-state index contributed by atoms with van der Waals surface area (Å²) in [5.41, 5.74) is -1.64. The molecule has 1 atom stereocenters. The first-order valence-electron chi connectivity index (χ1n) is 3.41. The van der Waals surface area contributed by atoms with Crippen molar-refractivity contribution in [2.75, 3.05) is 6.61 Å². The Balaban J connectivity index is 4.50. The van der Waals surface area contributed by atoms with Crippen LogP contribution in [0, 0.1) is 11.3 Å². The molecule has 0 heterocycles. The van der Waals surface area contributed by atoms with E-state index in [4.69, 9.17) is 15.1 Å². The van der Waals surface area contributed by atoms with Crippen molar-refractivity contribution in [3.05, 3.63) is 0 Å². The highest BCUT2D eigenvalue weighted by Crippen LogP contribution is 2.14. The van der Waals surface area contributed by atoms with Gasteiger partial charge in [0.05, 0.1) is 0 Å². The molecular formula is C7H11NO3. The Morgan fingerprint density at radius 2 is 2.27 bits per heavy atom. The predicted octanol–water partition coefficient (Wildman–Crippen LogP) is 0.780. The minimum absolute atomic E-state index is 0.159. The molecule has 1 unspecified atom stereocenters. The Kier molecular flexibility index (Phi) is 3.55. The number of nitriles is 1. The predicted molar refractivity (Wildman–Crippen MR) is 37.9 cm³/mol. The minimum atomic E-state index is -1.64. The van der Waals surface area contributed by atoms with E-state index in [1.54, 1.807) is 19.9 Å². The van der Waals surface area contributed by atoms with E-state index in [1.165, 1.54) is 0 Å². The molecule has 0 radical (unpaired) electrons. The van der Waals surface area contributed by atoms with Gasteiger partial charge in [0.1, 0.15) is 6.07 Å². The lowest BCUT2D eigenvalue weighted by molar-refractivity contribution is -0.158. The van der Waals surface area contributed by atoms with Crippen LogP contribution in [0.3, 0.4) is 0 Å². The molecule has 0 amide bonds. The van der Waals surface area contributed by atoms with E-state index in [9.17, 15) is 4.79 Å². The zero-order chi connectivity index (χ0) is 8.91. The van der Waals surface area contributed by atoms with Crippen LogP contribution in [0.5, 0.6) is 0 Å². The van der Waals surface area contributed by atoms with Gasteiger partial charge in [-0.05, 0) is 13.3 Å². The third-order valence-electron chi connectivity index (χ3n) is 1.41. The first-order valence-corrected chi connectivity index (χ1v) is 3.41. The van der Waals surface area contributed by atoms with Crippen molar-refractivity contribution in [2.45, 2.75) is 25.9 Å².